The predicted octanol–water partition coefficient (Wildman–Crippen LogP) is 4.27. The minimum atomic E-state index is -0.279. The molecule has 1 fully saturated rings. The average Bonchev–Trinajstić information content (AvgIpc) is 2.98. The SMILES string of the molecule is COc1ccc(N2C(=O)O[C@@H]3CCC=C(c4ccccc4)[C@@H]32)cc1. The second-order valence-electron chi connectivity index (χ2n) is 6.04. The van der Waals surface area contributed by atoms with E-state index in [0.29, 0.717) is 0 Å². The quantitative estimate of drug-likeness (QED) is 0.847. The molecule has 0 bridgehead atoms. The van der Waals surface area contributed by atoms with E-state index in [9.17, 15) is 4.79 Å². The zero-order valence-electron chi connectivity index (χ0n) is 13.5. The van der Waals surface area contributed by atoms with Gasteiger partial charge in [-0.15, -0.1) is 0 Å². The van der Waals surface area contributed by atoms with Crippen LogP contribution in [0, 0.1) is 0 Å². The molecule has 1 amide bonds. The minimum Gasteiger partial charge on any atom is -0.497 e. The van der Waals surface area contributed by atoms with Gasteiger partial charge in [0.2, 0.25) is 0 Å². The molecule has 1 aliphatic carbocycles. The third kappa shape index (κ3) is 2.44. The molecule has 1 aliphatic heterocycles. The number of amides is 1. The second-order valence-corrected chi connectivity index (χ2v) is 6.04. The van der Waals surface area contributed by atoms with Crippen LogP contribution in [0.25, 0.3) is 5.57 Å². The van der Waals surface area contributed by atoms with Gasteiger partial charge in [-0.1, -0.05) is 36.4 Å². The van der Waals surface area contributed by atoms with Gasteiger partial charge >= 0.3 is 6.09 Å². The maximum Gasteiger partial charge on any atom is 0.415 e. The molecule has 4 heteroatoms. The minimum absolute atomic E-state index is 0.0814. The molecular formula is C20H19NO3. The van der Waals surface area contributed by atoms with E-state index in [2.05, 4.69) is 18.2 Å². The third-order valence-corrected chi connectivity index (χ3v) is 4.67. The maximum absolute atomic E-state index is 12.5. The van der Waals surface area contributed by atoms with Crippen molar-refractivity contribution >= 4 is 17.4 Å². The highest BCUT2D eigenvalue weighted by Crippen LogP contribution is 2.40. The number of carbonyl (C=O) groups is 1. The van der Waals surface area contributed by atoms with Crippen molar-refractivity contribution in [3.05, 3.63) is 66.2 Å². The molecule has 4 nitrogen and oxygen atoms in total. The maximum atomic E-state index is 12.5. The predicted molar refractivity (Wildman–Crippen MR) is 93.2 cm³/mol. The number of allylic oxidation sites excluding steroid dienone is 1. The van der Waals surface area contributed by atoms with E-state index >= 15 is 0 Å². The number of ether oxygens (including phenoxy) is 2. The molecule has 2 aromatic carbocycles. The van der Waals surface area contributed by atoms with E-state index in [0.717, 1.165) is 35.4 Å². The smallest absolute Gasteiger partial charge is 0.415 e. The van der Waals surface area contributed by atoms with Crippen LogP contribution in [0.1, 0.15) is 18.4 Å². The first-order chi connectivity index (χ1) is 11.8. The molecular weight excluding hydrogens is 302 g/mol. The molecule has 0 unspecified atom stereocenters. The second kappa shape index (κ2) is 6.04. The van der Waals surface area contributed by atoms with Crippen LogP contribution in [0.3, 0.4) is 0 Å². The van der Waals surface area contributed by atoms with E-state index in [1.807, 2.05) is 42.5 Å². The van der Waals surface area contributed by atoms with E-state index in [1.54, 1.807) is 12.0 Å². The zero-order chi connectivity index (χ0) is 16.5. The monoisotopic (exact) mass is 321 g/mol. The summed E-state index contributed by atoms with van der Waals surface area (Å²) >= 11 is 0. The van der Waals surface area contributed by atoms with Crippen molar-refractivity contribution in [1.82, 2.24) is 0 Å². The molecule has 1 saturated heterocycles. The summed E-state index contributed by atoms with van der Waals surface area (Å²) in [5.41, 5.74) is 3.13. The Morgan fingerprint density at radius 3 is 2.54 bits per heavy atom. The summed E-state index contributed by atoms with van der Waals surface area (Å²) in [7, 11) is 1.63. The summed E-state index contributed by atoms with van der Waals surface area (Å²) in [5.74, 6) is 0.769. The summed E-state index contributed by atoms with van der Waals surface area (Å²) < 4.78 is 10.9. The van der Waals surface area contributed by atoms with Gasteiger partial charge in [0.15, 0.2) is 0 Å². The first-order valence-electron chi connectivity index (χ1n) is 8.17. The number of rotatable bonds is 3. The standard InChI is InChI=1S/C20H19NO3/c1-23-16-12-10-15(11-13-16)21-19-17(14-6-3-2-4-7-14)8-5-9-18(19)24-20(21)22/h2-4,6-8,10-13,18-19H,5,9H2,1H3/t18-,19+/m1/s1. The normalized spacial score (nSPS) is 22.6. The van der Waals surface area contributed by atoms with Crippen LogP contribution >= 0.6 is 0 Å². The molecule has 122 valence electrons. The van der Waals surface area contributed by atoms with Gasteiger partial charge < -0.3 is 9.47 Å². The summed E-state index contributed by atoms with van der Waals surface area (Å²) in [6.45, 7) is 0. The van der Waals surface area contributed by atoms with Crippen LogP contribution in [0.2, 0.25) is 0 Å². The molecule has 1 heterocycles. The van der Waals surface area contributed by atoms with Crippen LogP contribution < -0.4 is 9.64 Å². The van der Waals surface area contributed by atoms with E-state index in [-0.39, 0.29) is 18.2 Å². The number of benzene rings is 2. The van der Waals surface area contributed by atoms with Crippen molar-refractivity contribution in [2.45, 2.75) is 25.0 Å². The number of fused-ring (bicyclic) bond motifs is 1. The average molecular weight is 321 g/mol. The van der Waals surface area contributed by atoms with Gasteiger partial charge in [0.25, 0.3) is 0 Å². The fourth-order valence-electron chi connectivity index (χ4n) is 3.54. The molecule has 0 spiro atoms. The van der Waals surface area contributed by atoms with Gasteiger partial charge in [-0.3, -0.25) is 4.90 Å². The topological polar surface area (TPSA) is 38.8 Å². The zero-order valence-corrected chi connectivity index (χ0v) is 13.5. The third-order valence-electron chi connectivity index (χ3n) is 4.67. The van der Waals surface area contributed by atoms with Crippen molar-refractivity contribution in [2.75, 3.05) is 12.0 Å². The highest BCUT2D eigenvalue weighted by atomic mass is 16.6. The molecule has 24 heavy (non-hydrogen) atoms. The number of hydrogen-bond acceptors (Lipinski definition) is 3. The molecule has 2 aliphatic rings. The van der Waals surface area contributed by atoms with Gasteiger partial charge in [0.1, 0.15) is 17.9 Å². The molecule has 0 radical (unpaired) electrons. The summed E-state index contributed by atoms with van der Waals surface area (Å²) in [6, 6.07) is 17.7. The Morgan fingerprint density at radius 2 is 1.83 bits per heavy atom. The van der Waals surface area contributed by atoms with Gasteiger partial charge in [0, 0.05) is 5.69 Å². The van der Waals surface area contributed by atoms with Crippen molar-refractivity contribution < 1.29 is 14.3 Å². The van der Waals surface area contributed by atoms with Gasteiger partial charge in [-0.25, -0.2) is 4.79 Å². The Hall–Kier alpha value is -2.75. The van der Waals surface area contributed by atoms with Crippen LogP contribution in [-0.4, -0.2) is 25.3 Å². The summed E-state index contributed by atoms with van der Waals surface area (Å²) in [4.78, 5) is 14.3. The highest BCUT2D eigenvalue weighted by molar-refractivity contribution is 5.96. The Bertz CT molecular complexity index is 767. The molecule has 0 aromatic heterocycles. The lowest BCUT2D eigenvalue weighted by atomic mass is 9.86. The Morgan fingerprint density at radius 1 is 1.08 bits per heavy atom. The van der Waals surface area contributed by atoms with Crippen LogP contribution in [0.4, 0.5) is 10.5 Å². The molecule has 0 N–H and O–H groups in total. The molecule has 0 saturated carbocycles. The number of methoxy groups -OCH3 is 1. The van der Waals surface area contributed by atoms with Crippen molar-refractivity contribution in [3.63, 3.8) is 0 Å². The van der Waals surface area contributed by atoms with Gasteiger partial charge in [-0.05, 0) is 48.2 Å². The number of anilines is 1. The number of nitrogens with zero attached hydrogens (tertiary/aromatic N) is 1. The van der Waals surface area contributed by atoms with Crippen molar-refractivity contribution in [1.29, 1.82) is 0 Å². The van der Waals surface area contributed by atoms with E-state index < -0.39 is 0 Å². The fourth-order valence-corrected chi connectivity index (χ4v) is 3.54. The first kappa shape index (κ1) is 14.8. The molecule has 2 atom stereocenters. The largest absolute Gasteiger partial charge is 0.497 e. The van der Waals surface area contributed by atoms with Gasteiger partial charge in [0.05, 0.1) is 7.11 Å². The summed E-state index contributed by atoms with van der Waals surface area (Å²) in [5, 5.41) is 0. The summed E-state index contributed by atoms with van der Waals surface area (Å²) in [6.07, 6.45) is 3.64. The van der Waals surface area contributed by atoms with Crippen molar-refractivity contribution in [2.24, 2.45) is 0 Å². The molecule has 2 aromatic rings. The molecule has 4 rings (SSSR count). The first-order valence-corrected chi connectivity index (χ1v) is 8.17. The lowest BCUT2D eigenvalue weighted by Crippen LogP contribution is -2.39. The Labute approximate surface area is 141 Å². The lowest BCUT2D eigenvalue weighted by Gasteiger charge is -2.30. The number of carbonyl (C=O) groups excluding carboxylic acids is 1. The van der Waals surface area contributed by atoms with Crippen molar-refractivity contribution in [3.8, 4) is 5.75 Å². The van der Waals surface area contributed by atoms with E-state index in [1.165, 1.54) is 0 Å². The number of hydrogen-bond donors (Lipinski definition) is 0. The van der Waals surface area contributed by atoms with Crippen LogP contribution in [-0.2, 0) is 4.74 Å². The highest BCUT2D eigenvalue weighted by Gasteiger charge is 2.45. The van der Waals surface area contributed by atoms with E-state index in [4.69, 9.17) is 9.47 Å². The van der Waals surface area contributed by atoms with Crippen LogP contribution in [0.15, 0.2) is 60.7 Å². The lowest BCUT2D eigenvalue weighted by molar-refractivity contribution is 0.131. The van der Waals surface area contributed by atoms with Crippen LogP contribution in [0.5, 0.6) is 5.75 Å². The Kier molecular flexibility index (Phi) is 3.73. The Balaban J connectivity index is 1.74. The fraction of sp³-hybridized carbons (Fsp3) is 0.250. The van der Waals surface area contributed by atoms with Gasteiger partial charge in [-0.2, -0.15) is 0 Å².